The van der Waals surface area contributed by atoms with Gasteiger partial charge >= 0.3 is 0 Å². The first-order chi connectivity index (χ1) is 9.50. The lowest BCUT2D eigenvalue weighted by Gasteiger charge is -2.31. The van der Waals surface area contributed by atoms with Crippen LogP contribution in [0.15, 0.2) is 0 Å². The van der Waals surface area contributed by atoms with Crippen molar-refractivity contribution in [2.45, 2.75) is 37.9 Å². The van der Waals surface area contributed by atoms with E-state index in [2.05, 4.69) is 17.1 Å². The fourth-order valence-electron chi connectivity index (χ4n) is 3.48. The minimum absolute atomic E-state index is 0. The van der Waals surface area contributed by atoms with E-state index >= 15 is 0 Å². The predicted octanol–water partition coefficient (Wildman–Crippen LogP) is 0.908. The maximum Gasteiger partial charge on any atom is 0.217 e. The molecule has 7 heteroatoms. The topological polar surface area (TPSA) is 52.7 Å². The number of rotatable bonds is 4. The summed E-state index contributed by atoms with van der Waals surface area (Å²) in [6.45, 7) is 8.97. The minimum Gasteiger partial charge on any atom is -0.316 e. The maximum absolute atomic E-state index is 12.3. The molecule has 0 spiro atoms. The highest BCUT2D eigenvalue weighted by molar-refractivity contribution is 7.90. The molecular weight excluding hydrogens is 310 g/mol. The first-order valence-electron chi connectivity index (χ1n) is 7.92. The van der Waals surface area contributed by atoms with Gasteiger partial charge in [-0.1, -0.05) is 6.92 Å². The van der Waals surface area contributed by atoms with E-state index in [1.54, 1.807) is 4.31 Å². The van der Waals surface area contributed by atoms with Crippen LogP contribution in [-0.2, 0) is 10.0 Å². The molecule has 3 aliphatic rings. The number of nitrogens with one attached hydrogen (secondary N) is 1. The molecule has 3 rings (SSSR count). The summed E-state index contributed by atoms with van der Waals surface area (Å²) in [5.41, 5.74) is 0.366. The van der Waals surface area contributed by atoms with E-state index in [9.17, 15) is 8.42 Å². The molecular formula is C14H28ClN3O2S. The van der Waals surface area contributed by atoms with Gasteiger partial charge < -0.3 is 10.2 Å². The monoisotopic (exact) mass is 337 g/mol. The SMILES string of the molecule is CC1(CN2CCCN(S(=O)(=O)C3CC3)CC2)CCNC1.Cl. The molecule has 0 amide bonds. The van der Waals surface area contributed by atoms with Gasteiger partial charge in [-0.3, -0.25) is 0 Å². The number of sulfonamides is 1. The average Bonchev–Trinajstić information content (AvgIpc) is 3.18. The van der Waals surface area contributed by atoms with Crippen LogP contribution >= 0.6 is 12.4 Å². The van der Waals surface area contributed by atoms with Crippen LogP contribution in [0.5, 0.6) is 0 Å². The summed E-state index contributed by atoms with van der Waals surface area (Å²) in [7, 11) is -2.98. The van der Waals surface area contributed by atoms with Crippen LogP contribution in [0, 0.1) is 5.41 Å². The Morgan fingerprint density at radius 1 is 1.19 bits per heavy atom. The van der Waals surface area contributed by atoms with Gasteiger partial charge in [0.05, 0.1) is 5.25 Å². The second-order valence-electron chi connectivity index (χ2n) is 7.01. The largest absolute Gasteiger partial charge is 0.316 e. The molecule has 1 N–H and O–H groups in total. The number of hydrogen-bond acceptors (Lipinski definition) is 4. The van der Waals surface area contributed by atoms with Crippen LogP contribution in [0.2, 0.25) is 0 Å². The highest BCUT2D eigenvalue weighted by Gasteiger charge is 2.40. The average molecular weight is 338 g/mol. The Bertz CT molecular complexity index is 447. The quantitative estimate of drug-likeness (QED) is 0.828. The van der Waals surface area contributed by atoms with Gasteiger partial charge in [-0.25, -0.2) is 12.7 Å². The van der Waals surface area contributed by atoms with Crippen molar-refractivity contribution < 1.29 is 8.42 Å². The zero-order valence-electron chi connectivity index (χ0n) is 12.9. The van der Waals surface area contributed by atoms with Gasteiger partial charge in [0.15, 0.2) is 0 Å². The molecule has 0 aromatic carbocycles. The lowest BCUT2D eigenvalue weighted by molar-refractivity contribution is 0.184. The molecule has 3 fully saturated rings. The van der Waals surface area contributed by atoms with Crippen molar-refractivity contribution in [3.8, 4) is 0 Å². The van der Waals surface area contributed by atoms with Crippen LogP contribution in [0.3, 0.4) is 0 Å². The lowest BCUT2D eigenvalue weighted by Crippen LogP contribution is -2.40. The van der Waals surface area contributed by atoms with E-state index in [-0.39, 0.29) is 17.7 Å². The summed E-state index contributed by atoms with van der Waals surface area (Å²) >= 11 is 0. The Hall–Kier alpha value is 0.120. The molecule has 2 heterocycles. The first-order valence-corrected chi connectivity index (χ1v) is 9.42. The Labute approximate surface area is 134 Å². The molecule has 1 atom stereocenters. The number of halogens is 1. The van der Waals surface area contributed by atoms with Gasteiger partial charge in [-0.15, -0.1) is 12.4 Å². The second-order valence-corrected chi connectivity index (χ2v) is 9.22. The highest BCUT2D eigenvalue weighted by Crippen LogP contribution is 2.32. The van der Waals surface area contributed by atoms with Gasteiger partial charge in [0.25, 0.3) is 0 Å². The van der Waals surface area contributed by atoms with Crippen LogP contribution in [0.25, 0.3) is 0 Å². The molecule has 0 aromatic rings. The predicted molar refractivity (Wildman–Crippen MR) is 87.4 cm³/mol. The van der Waals surface area contributed by atoms with E-state index < -0.39 is 10.0 Å². The van der Waals surface area contributed by atoms with Gasteiger partial charge in [-0.2, -0.15) is 0 Å². The van der Waals surface area contributed by atoms with Gasteiger partial charge in [0.1, 0.15) is 0 Å². The van der Waals surface area contributed by atoms with E-state index in [1.807, 2.05) is 0 Å². The van der Waals surface area contributed by atoms with Crippen LogP contribution in [0.1, 0.15) is 32.6 Å². The van der Waals surface area contributed by atoms with Gasteiger partial charge in [-0.05, 0) is 44.2 Å². The van der Waals surface area contributed by atoms with Crippen molar-refractivity contribution in [3.05, 3.63) is 0 Å². The Morgan fingerprint density at radius 2 is 1.95 bits per heavy atom. The van der Waals surface area contributed by atoms with Gasteiger partial charge in [0, 0.05) is 32.7 Å². The molecule has 1 aliphatic carbocycles. The molecule has 0 aromatic heterocycles. The second kappa shape index (κ2) is 6.71. The molecule has 2 aliphatic heterocycles. The van der Waals surface area contributed by atoms with Crippen molar-refractivity contribution in [2.75, 3.05) is 45.8 Å². The minimum atomic E-state index is -2.98. The van der Waals surface area contributed by atoms with Crippen LogP contribution < -0.4 is 5.32 Å². The van der Waals surface area contributed by atoms with Crippen LogP contribution in [-0.4, -0.2) is 68.7 Å². The molecule has 0 radical (unpaired) electrons. The normalized spacial score (nSPS) is 32.6. The summed E-state index contributed by atoms with van der Waals surface area (Å²) < 4.78 is 26.4. The molecule has 21 heavy (non-hydrogen) atoms. The smallest absolute Gasteiger partial charge is 0.217 e. The van der Waals surface area contributed by atoms with Gasteiger partial charge in [0.2, 0.25) is 10.0 Å². The lowest BCUT2D eigenvalue weighted by atomic mass is 9.89. The van der Waals surface area contributed by atoms with Crippen molar-refractivity contribution in [1.29, 1.82) is 0 Å². The van der Waals surface area contributed by atoms with Crippen molar-refractivity contribution in [1.82, 2.24) is 14.5 Å². The summed E-state index contributed by atoms with van der Waals surface area (Å²) in [6.07, 6.45) is 3.93. The summed E-state index contributed by atoms with van der Waals surface area (Å²) in [4.78, 5) is 2.47. The molecule has 124 valence electrons. The van der Waals surface area contributed by atoms with Crippen LogP contribution in [0.4, 0.5) is 0 Å². The van der Waals surface area contributed by atoms with E-state index in [0.29, 0.717) is 18.5 Å². The first kappa shape index (κ1) is 17.5. The fourth-order valence-corrected chi connectivity index (χ4v) is 5.35. The molecule has 5 nitrogen and oxygen atoms in total. The summed E-state index contributed by atoms with van der Waals surface area (Å²) in [6, 6.07) is 0. The third kappa shape index (κ3) is 4.10. The number of hydrogen-bond donors (Lipinski definition) is 1. The van der Waals surface area contributed by atoms with Crippen molar-refractivity contribution in [3.63, 3.8) is 0 Å². The molecule has 0 bridgehead atoms. The van der Waals surface area contributed by atoms with E-state index in [4.69, 9.17) is 0 Å². The third-order valence-corrected chi connectivity index (χ3v) is 7.31. The molecule has 1 unspecified atom stereocenters. The summed E-state index contributed by atoms with van der Waals surface area (Å²) in [5, 5.41) is 3.38. The highest BCUT2D eigenvalue weighted by atomic mass is 35.5. The zero-order valence-corrected chi connectivity index (χ0v) is 14.5. The molecule has 2 saturated heterocycles. The maximum atomic E-state index is 12.3. The Morgan fingerprint density at radius 3 is 2.57 bits per heavy atom. The summed E-state index contributed by atoms with van der Waals surface area (Å²) in [5.74, 6) is 0. The Balaban J connectivity index is 0.00000161. The van der Waals surface area contributed by atoms with E-state index in [1.165, 1.54) is 6.42 Å². The standard InChI is InChI=1S/C14H27N3O2S.ClH/c1-14(5-6-15-11-14)12-16-7-2-8-17(10-9-16)20(18,19)13-3-4-13;/h13,15H,2-12H2,1H3;1H. The Kier molecular flexibility index (Phi) is 5.58. The zero-order chi connectivity index (χ0) is 14.2. The van der Waals surface area contributed by atoms with E-state index in [0.717, 1.165) is 52.0 Å². The molecule has 1 saturated carbocycles. The third-order valence-electron chi connectivity index (χ3n) is 4.92. The van der Waals surface area contributed by atoms with Crippen molar-refractivity contribution >= 4 is 22.4 Å². The van der Waals surface area contributed by atoms with Crippen molar-refractivity contribution in [2.24, 2.45) is 5.41 Å². The number of nitrogens with zero attached hydrogens (tertiary/aromatic N) is 2. The fraction of sp³-hybridized carbons (Fsp3) is 1.00.